The molecule has 2 aromatic carbocycles. The minimum atomic E-state index is -0.857. The molecule has 0 aliphatic carbocycles. The number of hydrogen-bond acceptors (Lipinski definition) is 2. The van der Waals surface area contributed by atoms with Crippen LogP contribution in [0.5, 0.6) is 0 Å². The first-order chi connectivity index (χ1) is 10.6. The van der Waals surface area contributed by atoms with Crippen LogP contribution in [0.3, 0.4) is 0 Å². The van der Waals surface area contributed by atoms with Gasteiger partial charge in [0.25, 0.3) is 0 Å². The van der Waals surface area contributed by atoms with Gasteiger partial charge in [-0.2, -0.15) is 0 Å². The molecule has 1 aliphatic heterocycles. The summed E-state index contributed by atoms with van der Waals surface area (Å²) in [5.74, 6) is -1.71. The Morgan fingerprint density at radius 3 is 2.55 bits per heavy atom. The summed E-state index contributed by atoms with van der Waals surface area (Å²) >= 11 is 0. The molecular weight excluding hydrogens is 286 g/mol. The van der Waals surface area contributed by atoms with Crippen LogP contribution in [0.4, 0.5) is 8.78 Å². The van der Waals surface area contributed by atoms with E-state index in [-0.39, 0.29) is 17.5 Å². The first-order valence-corrected chi connectivity index (χ1v) is 7.19. The third-order valence-electron chi connectivity index (χ3n) is 3.79. The van der Waals surface area contributed by atoms with Gasteiger partial charge in [0.05, 0.1) is 6.04 Å². The third-order valence-corrected chi connectivity index (χ3v) is 3.79. The van der Waals surface area contributed by atoms with Gasteiger partial charge in [-0.1, -0.05) is 36.4 Å². The van der Waals surface area contributed by atoms with Crippen LogP contribution in [-0.4, -0.2) is 25.0 Å². The van der Waals surface area contributed by atoms with Crippen molar-refractivity contribution in [3.05, 3.63) is 59.7 Å². The Morgan fingerprint density at radius 1 is 1.05 bits per heavy atom. The molecule has 1 aliphatic rings. The van der Waals surface area contributed by atoms with E-state index in [9.17, 15) is 13.6 Å². The number of carbonyl (C=O) groups is 1. The molecule has 0 aromatic heterocycles. The van der Waals surface area contributed by atoms with E-state index in [1.54, 1.807) is 18.2 Å². The first-order valence-electron chi connectivity index (χ1n) is 7.19. The van der Waals surface area contributed by atoms with Crippen molar-refractivity contribution in [1.82, 2.24) is 10.6 Å². The lowest BCUT2D eigenvalue weighted by Crippen LogP contribution is -2.53. The number of nitrogens with one attached hydrogen (secondary N) is 2. The average molecular weight is 302 g/mol. The maximum Gasteiger partial charge on any atom is 0.237 e. The van der Waals surface area contributed by atoms with E-state index in [1.165, 1.54) is 6.07 Å². The second kappa shape index (κ2) is 6.23. The lowest BCUT2D eigenvalue weighted by molar-refractivity contribution is -0.124. The molecule has 1 amide bonds. The molecule has 22 heavy (non-hydrogen) atoms. The van der Waals surface area contributed by atoms with Gasteiger partial charge in [-0.05, 0) is 23.6 Å². The molecule has 3 nitrogen and oxygen atoms in total. The summed E-state index contributed by atoms with van der Waals surface area (Å²) in [5, 5.41) is 5.97. The average Bonchev–Trinajstić information content (AvgIpc) is 2.53. The van der Waals surface area contributed by atoms with Crippen LogP contribution < -0.4 is 10.6 Å². The molecule has 0 radical (unpaired) electrons. The molecule has 0 spiro atoms. The smallest absolute Gasteiger partial charge is 0.237 e. The zero-order valence-electron chi connectivity index (χ0n) is 11.9. The van der Waals surface area contributed by atoms with Crippen molar-refractivity contribution in [3.63, 3.8) is 0 Å². The number of piperazine rings is 1. The quantitative estimate of drug-likeness (QED) is 0.913. The Kier molecular flexibility index (Phi) is 4.15. The number of halogens is 2. The van der Waals surface area contributed by atoms with Crippen LogP contribution in [0, 0.1) is 11.6 Å². The zero-order chi connectivity index (χ0) is 15.5. The summed E-state index contributed by atoms with van der Waals surface area (Å²) in [6, 6.07) is 11.0. The highest BCUT2D eigenvalue weighted by molar-refractivity contribution is 5.82. The number of hydrogen-bond donors (Lipinski definition) is 2. The van der Waals surface area contributed by atoms with E-state index in [2.05, 4.69) is 10.6 Å². The Morgan fingerprint density at radius 2 is 1.82 bits per heavy atom. The molecule has 1 fully saturated rings. The molecular formula is C17H16F2N2O. The first kappa shape index (κ1) is 14.7. The zero-order valence-corrected chi connectivity index (χ0v) is 11.9. The van der Waals surface area contributed by atoms with Gasteiger partial charge in [0.1, 0.15) is 0 Å². The SMILES string of the molecule is O=C1NCCN[C@@H]1Cc1ccc(-c2cccc(F)c2F)cc1. The van der Waals surface area contributed by atoms with Crippen molar-refractivity contribution in [3.8, 4) is 11.1 Å². The Balaban J connectivity index is 1.78. The summed E-state index contributed by atoms with van der Waals surface area (Å²) in [7, 11) is 0. The molecule has 1 saturated heterocycles. The molecule has 0 saturated carbocycles. The van der Waals surface area contributed by atoms with Crippen molar-refractivity contribution >= 4 is 5.91 Å². The Labute approximate surface area is 127 Å². The fourth-order valence-electron chi connectivity index (χ4n) is 2.60. The predicted molar refractivity (Wildman–Crippen MR) is 80.3 cm³/mol. The molecule has 1 heterocycles. The molecule has 0 unspecified atom stereocenters. The fraction of sp³-hybridized carbons (Fsp3) is 0.235. The van der Waals surface area contributed by atoms with Crippen molar-refractivity contribution < 1.29 is 13.6 Å². The molecule has 2 N–H and O–H groups in total. The van der Waals surface area contributed by atoms with Gasteiger partial charge in [0, 0.05) is 18.7 Å². The summed E-state index contributed by atoms with van der Waals surface area (Å²) in [6.07, 6.45) is 0.567. The largest absolute Gasteiger partial charge is 0.353 e. The van der Waals surface area contributed by atoms with Gasteiger partial charge in [0.15, 0.2) is 11.6 Å². The maximum atomic E-state index is 13.8. The summed E-state index contributed by atoms with van der Waals surface area (Å²) in [4.78, 5) is 11.7. The van der Waals surface area contributed by atoms with Crippen molar-refractivity contribution in [2.75, 3.05) is 13.1 Å². The number of benzene rings is 2. The number of amides is 1. The second-order valence-electron chi connectivity index (χ2n) is 5.30. The van der Waals surface area contributed by atoms with Gasteiger partial charge in [-0.25, -0.2) is 8.78 Å². The van der Waals surface area contributed by atoms with E-state index in [0.29, 0.717) is 18.5 Å². The van der Waals surface area contributed by atoms with Crippen LogP contribution >= 0.6 is 0 Å². The van der Waals surface area contributed by atoms with E-state index < -0.39 is 11.6 Å². The lowest BCUT2D eigenvalue weighted by atomic mass is 9.99. The lowest BCUT2D eigenvalue weighted by Gasteiger charge is -2.23. The van der Waals surface area contributed by atoms with E-state index in [4.69, 9.17) is 0 Å². The Hall–Kier alpha value is -2.27. The van der Waals surface area contributed by atoms with Crippen molar-refractivity contribution in [2.45, 2.75) is 12.5 Å². The normalized spacial score (nSPS) is 18.1. The monoisotopic (exact) mass is 302 g/mol. The molecule has 3 rings (SSSR count). The second-order valence-corrected chi connectivity index (χ2v) is 5.30. The third kappa shape index (κ3) is 2.99. The molecule has 5 heteroatoms. The van der Waals surface area contributed by atoms with Crippen molar-refractivity contribution in [1.29, 1.82) is 0 Å². The van der Waals surface area contributed by atoms with Gasteiger partial charge >= 0.3 is 0 Å². The van der Waals surface area contributed by atoms with Gasteiger partial charge in [0.2, 0.25) is 5.91 Å². The highest BCUT2D eigenvalue weighted by atomic mass is 19.2. The van der Waals surface area contributed by atoms with Gasteiger partial charge in [-0.15, -0.1) is 0 Å². The van der Waals surface area contributed by atoms with Crippen LogP contribution in [0.2, 0.25) is 0 Å². The van der Waals surface area contributed by atoms with E-state index >= 15 is 0 Å². The number of carbonyl (C=O) groups excluding carboxylic acids is 1. The standard InChI is InChI=1S/C17H16F2N2O/c18-14-3-1-2-13(16(14)19)12-6-4-11(5-7-12)10-15-17(22)21-9-8-20-15/h1-7,15,20H,8-10H2,(H,21,22)/t15-/m1/s1. The molecule has 1 atom stereocenters. The van der Waals surface area contributed by atoms with E-state index in [0.717, 1.165) is 18.2 Å². The molecule has 114 valence electrons. The van der Waals surface area contributed by atoms with Crippen LogP contribution in [0.25, 0.3) is 11.1 Å². The predicted octanol–water partition coefficient (Wildman–Crippen LogP) is 2.26. The van der Waals surface area contributed by atoms with Gasteiger partial charge in [-0.3, -0.25) is 4.79 Å². The van der Waals surface area contributed by atoms with E-state index in [1.807, 2.05) is 12.1 Å². The molecule has 2 aromatic rings. The number of rotatable bonds is 3. The van der Waals surface area contributed by atoms with Crippen molar-refractivity contribution in [2.24, 2.45) is 0 Å². The highest BCUT2D eigenvalue weighted by Gasteiger charge is 2.21. The van der Waals surface area contributed by atoms with Crippen LogP contribution in [0.1, 0.15) is 5.56 Å². The van der Waals surface area contributed by atoms with Crippen LogP contribution in [0.15, 0.2) is 42.5 Å². The molecule has 0 bridgehead atoms. The summed E-state index contributed by atoms with van der Waals surface area (Å²) in [5.41, 5.74) is 1.82. The topological polar surface area (TPSA) is 41.1 Å². The minimum absolute atomic E-state index is 0.00787. The summed E-state index contributed by atoms with van der Waals surface area (Å²) in [6.45, 7) is 1.40. The summed E-state index contributed by atoms with van der Waals surface area (Å²) < 4.78 is 27.0. The van der Waals surface area contributed by atoms with Gasteiger partial charge < -0.3 is 10.6 Å². The highest BCUT2D eigenvalue weighted by Crippen LogP contribution is 2.24. The van der Waals surface area contributed by atoms with Crippen LogP contribution in [-0.2, 0) is 11.2 Å². The Bertz CT molecular complexity index is 686. The maximum absolute atomic E-state index is 13.8. The minimum Gasteiger partial charge on any atom is -0.353 e. The fourth-order valence-corrected chi connectivity index (χ4v) is 2.60.